The predicted octanol–water partition coefficient (Wildman–Crippen LogP) is 1.35. The van der Waals surface area contributed by atoms with Crippen LogP contribution < -0.4 is 5.73 Å². The summed E-state index contributed by atoms with van der Waals surface area (Å²) in [5.41, 5.74) is 6.28. The SMILES string of the molecule is NC1CCC2(CC1)CCN(C(=O)CCl)C2. The molecular weight excluding hydrogens is 212 g/mol. The number of likely N-dealkylation sites (tertiary alicyclic amines) is 1. The Balaban J connectivity index is 1.93. The Kier molecular flexibility index (Phi) is 3.21. The molecular formula is C11H19ClN2O. The summed E-state index contributed by atoms with van der Waals surface area (Å²) in [5.74, 6) is 0.207. The summed E-state index contributed by atoms with van der Waals surface area (Å²) < 4.78 is 0. The molecule has 1 saturated carbocycles. The summed E-state index contributed by atoms with van der Waals surface area (Å²) in [6.07, 6.45) is 5.73. The summed E-state index contributed by atoms with van der Waals surface area (Å²) in [5, 5.41) is 0. The number of halogens is 1. The van der Waals surface area contributed by atoms with Crippen molar-refractivity contribution in [2.24, 2.45) is 11.1 Å². The summed E-state index contributed by atoms with van der Waals surface area (Å²) in [4.78, 5) is 13.4. The Hall–Kier alpha value is -0.280. The van der Waals surface area contributed by atoms with Crippen LogP contribution in [0.15, 0.2) is 0 Å². The molecule has 1 spiro atoms. The molecule has 86 valence electrons. The molecule has 2 aliphatic rings. The number of hydrogen-bond acceptors (Lipinski definition) is 2. The lowest BCUT2D eigenvalue weighted by Gasteiger charge is -2.35. The highest BCUT2D eigenvalue weighted by molar-refractivity contribution is 6.27. The number of carbonyl (C=O) groups is 1. The molecule has 0 aromatic carbocycles. The molecule has 4 heteroatoms. The summed E-state index contributed by atoms with van der Waals surface area (Å²) in [6, 6.07) is 0.383. The van der Waals surface area contributed by atoms with E-state index in [-0.39, 0.29) is 11.8 Å². The van der Waals surface area contributed by atoms with E-state index in [2.05, 4.69) is 0 Å². The van der Waals surface area contributed by atoms with Crippen LogP contribution in [0.1, 0.15) is 32.1 Å². The van der Waals surface area contributed by atoms with Crippen LogP contribution in [0.4, 0.5) is 0 Å². The molecule has 1 heterocycles. The Morgan fingerprint density at radius 2 is 2.07 bits per heavy atom. The third kappa shape index (κ3) is 2.28. The predicted molar refractivity (Wildman–Crippen MR) is 60.8 cm³/mol. The number of nitrogens with zero attached hydrogens (tertiary/aromatic N) is 1. The Bertz CT molecular complexity index is 249. The normalized spacial score (nSPS) is 36.1. The zero-order valence-electron chi connectivity index (χ0n) is 9.04. The van der Waals surface area contributed by atoms with Gasteiger partial charge in [-0.1, -0.05) is 0 Å². The van der Waals surface area contributed by atoms with Crippen molar-refractivity contribution < 1.29 is 4.79 Å². The standard InChI is InChI=1S/C11H19ClN2O/c12-7-10(15)14-6-5-11(8-14)3-1-9(13)2-4-11/h9H,1-8,13H2. The van der Waals surface area contributed by atoms with E-state index in [1.54, 1.807) is 0 Å². The minimum atomic E-state index is 0.0865. The topological polar surface area (TPSA) is 46.3 Å². The first kappa shape index (κ1) is 11.2. The second kappa shape index (κ2) is 4.30. The van der Waals surface area contributed by atoms with Crippen molar-refractivity contribution in [1.29, 1.82) is 0 Å². The smallest absolute Gasteiger partial charge is 0.237 e. The number of nitrogens with two attached hydrogens (primary N) is 1. The number of hydrogen-bond donors (Lipinski definition) is 1. The molecule has 1 amide bonds. The quantitative estimate of drug-likeness (QED) is 0.692. The van der Waals surface area contributed by atoms with Crippen LogP contribution in [-0.4, -0.2) is 35.8 Å². The van der Waals surface area contributed by atoms with Crippen molar-refractivity contribution >= 4 is 17.5 Å². The molecule has 0 bridgehead atoms. The second-order valence-electron chi connectivity index (χ2n) is 5.04. The Morgan fingerprint density at radius 1 is 1.40 bits per heavy atom. The third-order valence-electron chi connectivity index (χ3n) is 4.00. The molecule has 0 atom stereocenters. The largest absolute Gasteiger partial charge is 0.341 e. The summed E-state index contributed by atoms with van der Waals surface area (Å²) in [6.45, 7) is 1.80. The number of amides is 1. The molecule has 0 radical (unpaired) electrons. The van der Waals surface area contributed by atoms with Crippen LogP contribution in [0, 0.1) is 5.41 Å². The fourth-order valence-corrected chi connectivity index (χ4v) is 3.06. The number of rotatable bonds is 1. The van der Waals surface area contributed by atoms with Crippen LogP contribution >= 0.6 is 11.6 Å². The molecule has 0 aromatic rings. The van der Waals surface area contributed by atoms with E-state index in [0.29, 0.717) is 11.5 Å². The molecule has 2 N–H and O–H groups in total. The zero-order valence-corrected chi connectivity index (χ0v) is 9.80. The average molecular weight is 231 g/mol. The highest BCUT2D eigenvalue weighted by Crippen LogP contribution is 2.43. The Morgan fingerprint density at radius 3 is 2.67 bits per heavy atom. The highest BCUT2D eigenvalue weighted by atomic mass is 35.5. The van der Waals surface area contributed by atoms with Gasteiger partial charge in [-0.3, -0.25) is 4.79 Å². The van der Waals surface area contributed by atoms with Crippen LogP contribution in [0.25, 0.3) is 0 Å². The number of carbonyl (C=O) groups excluding carboxylic acids is 1. The van der Waals surface area contributed by atoms with Crippen molar-refractivity contribution in [3.05, 3.63) is 0 Å². The van der Waals surface area contributed by atoms with Gasteiger partial charge in [0.1, 0.15) is 5.88 Å². The van der Waals surface area contributed by atoms with Gasteiger partial charge in [0.2, 0.25) is 5.91 Å². The molecule has 1 aliphatic carbocycles. The maximum Gasteiger partial charge on any atom is 0.237 e. The second-order valence-corrected chi connectivity index (χ2v) is 5.30. The van der Waals surface area contributed by atoms with E-state index in [1.807, 2.05) is 4.90 Å². The molecule has 1 aliphatic heterocycles. The lowest BCUT2D eigenvalue weighted by Crippen LogP contribution is -2.37. The average Bonchev–Trinajstić information content (AvgIpc) is 2.66. The molecule has 2 fully saturated rings. The van der Waals surface area contributed by atoms with Crippen LogP contribution in [0.3, 0.4) is 0 Å². The van der Waals surface area contributed by atoms with Gasteiger partial charge in [0, 0.05) is 19.1 Å². The molecule has 15 heavy (non-hydrogen) atoms. The van der Waals surface area contributed by atoms with Crippen LogP contribution in [0.5, 0.6) is 0 Å². The van der Waals surface area contributed by atoms with Crippen molar-refractivity contribution in [1.82, 2.24) is 4.90 Å². The van der Waals surface area contributed by atoms with E-state index < -0.39 is 0 Å². The first-order chi connectivity index (χ1) is 7.15. The van der Waals surface area contributed by atoms with Crippen LogP contribution in [0.2, 0.25) is 0 Å². The third-order valence-corrected chi connectivity index (χ3v) is 4.22. The lowest BCUT2D eigenvalue weighted by atomic mass is 9.72. The van der Waals surface area contributed by atoms with Gasteiger partial charge in [0.25, 0.3) is 0 Å². The van der Waals surface area contributed by atoms with E-state index in [1.165, 1.54) is 12.8 Å². The van der Waals surface area contributed by atoms with Crippen molar-refractivity contribution in [2.75, 3.05) is 19.0 Å². The summed E-state index contributed by atoms with van der Waals surface area (Å²) in [7, 11) is 0. The minimum Gasteiger partial charge on any atom is -0.341 e. The lowest BCUT2D eigenvalue weighted by molar-refractivity contribution is -0.127. The van der Waals surface area contributed by atoms with Gasteiger partial charge in [-0.25, -0.2) is 0 Å². The fourth-order valence-electron chi connectivity index (χ4n) is 2.89. The zero-order chi connectivity index (χ0) is 10.9. The van der Waals surface area contributed by atoms with Crippen molar-refractivity contribution in [3.8, 4) is 0 Å². The van der Waals surface area contributed by atoms with E-state index in [0.717, 1.165) is 32.4 Å². The highest BCUT2D eigenvalue weighted by Gasteiger charge is 2.41. The monoisotopic (exact) mass is 230 g/mol. The van der Waals surface area contributed by atoms with Gasteiger partial charge in [-0.15, -0.1) is 11.6 Å². The van der Waals surface area contributed by atoms with E-state index in [9.17, 15) is 4.79 Å². The molecule has 0 aromatic heterocycles. The van der Waals surface area contributed by atoms with Crippen molar-refractivity contribution in [3.63, 3.8) is 0 Å². The molecule has 0 unspecified atom stereocenters. The van der Waals surface area contributed by atoms with Gasteiger partial charge in [-0.05, 0) is 37.5 Å². The maximum atomic E-state index is 11.5. The van der Waals surface area contributed by atoms with Crippen LogP contribution in [-0.2, 0) is 4.79 Å². The number of alkyl halides is 1. The summed E-state index contributed by atoms with van der Waals surface area (Å²) >= 11 is 5.57. The Labute approximate surface area is 95.9 Å². The fraction of sp³-hybridized carbons (Fsp3) is 0.909. The van der Waals surface area contributed by atoms with Gasteiger partial charge in [0.05, 0.1) is 0 Å². The van der Waals surface area contributed by atoms with Gasteiger partial charge >= 0.3 is 0 Å². The minimum absolute atomic E-state index is 0.0865. The van der Waals surface area contributed by atoms with E-state index in [4.69, 9.17) is 17.3 Å². The first-order valence-electron chi connectivity index (χ1n) is 5.75. The van der Waals surface area contributed by atoms with Gasteiger partial charge < -0.3 is 10.6 Å². The van der Waals surface area contributed by atoms with Crippen molar-refractivity contribution in [2.45, 2.75) is 38.1 Å². The van der Waals surface area contributed by atoms with Gasteiger partial charge in [-0.2, -0.15) is 0 Å². The first-order valence-corrected chi connectivity index (χ1v) is 6.28. The molecule has 2 rings (SSSR count). The molecule has 3 nitrogen and oxygen atoms in total. The van der Waals surface area contributed by atoms with Gasteiger partial charge in [0.15, 0.2) is 0 Å². The maximum absolute atomic E-state index is 11.5. The van der Waals surface area contributed by atoms with E-state index >= 15 is 0 Å². The molecule has 1 saturated heterocycles.